The Morgan fingerprint density at radius 1 is 0.909 bits per heavy atom. The van der Waals surface area contributed by atoms with Crippen LogP contribution in [0.5, 0.6) is 5.75 Å². The van der Waals surface area contributed by atoms with Gasteiger partial charge in [0.1, 0.15) is 11.4 Å². The summed E-state index contributed by atoms with van der Waals surface area (Å²) in [5.41, 5.74) is 4.16. The van der Waals surface area contributed by atoms with Crippen molar-refractivity contribution in [2.24, 2.45) is 17.8 Å². The van der Waals surface area contributed by atoms with E-state index in [0.29, 0.717) is 21.8 Å². The Kier molecular flexibility index (Phi) is 5.63. The summed E-state index contributed by atoms with van der Waals surface area (Å²) < 4.78 is 11.5. The second kappa shape index (κ2) is 8.23. The van der Waals surface area contributed by atoms with E-state index in [1.807, 2.05) is 20.8 Å². The average Bonchev–Trinajstić information content (AvgIpc) is 2.72. The fourth-order valence-corrected chi connectivity index (χ4v) is 7.15. The average molecular weight is 463 g/mol. The highest BCUT2D eigenvalue weighted by Crippen LogP contribution is 2.61. The largest absolute Gasteiger partial charge is 0.456 e. The van der Waals surface area contributed by atoms with E-state index in [4.69, 9.17) is 21.7 Å². The standard InChI is InChI=1S/C29H34O3S/c1-18-5-6-23(14-25(18)29-15-19-11-20(16-29)13-21(12-19)17-29)27(33)31-24-9-7-22(8-10-24)26(30)32-28(2,3)4/h5-10,14,19-21H,11-13,15-17H2,1-4H3. The van der Waals surface area contributed by atoms with Gasteiger partial charge in [0.2, 0.25) is 0 Å². The monoisotopic (exact) mass is 462 g/mol. The van der Waals surface area contributed by atoms with Crippen LogP contribution in [0.4, 0.5) is 0 Å². The molecule has 2 aromatic rings. The van der Waals surface area contributed by atoms with Gasteiger partial charge in [-0.15, -0.1) is 0 Å². The first-order valence-corrected chi connectivity index (χ1v) is 12.7. The van der Waals surface area contributed by atoms with E-state index in [9.17, 15) is 4.79 Å². The molecule has 4 aliphatic carbocycles. The van der Waals surface area contributed by atoms with Crippen LogP contribution in [0.25, 0.3) is 0 Å². The van der Waals surface area contributed by atoms with Crippen molar-refractivity contribution in [3.63, 3.8) is 0 Å². The molecule has 0 saturated heterocycles. The van der Waals surface area contributed by atoms with E-state index < -0.39 is 5.60 Å². The zero-order valence-electron chi connectivity index (χ0n) is 20.1. The summed E-state index contributed by atoms with van der Waals surface area (Å²) in [6.07, 6.45) is 8.34. The Bertz CT molecular complexity index is 1040. The molecular formula is C29H34O3S. The molecule has 0 aromatic heterocycles. The molecule has 0 N–H and O–H groups in total. The van der Waals surface area contributed by atoms with E-state index >= 15 is 0 Å². The van der Waals surface area contributed by atoms with E-state index in [2.05, 4.69) is 25.1 Å². The summed E-state index contributed by atoms with van der Waals surface area (Å²) in [5.74, 6) is 3.02. The minimum absolute atomic E-state index is 0.333. The predicted octanol–water partition coefficient (Wildman–Crippen LogP) is 7.17. The molecule has 0 radical (unpaired) electrons. The van der Waals surface area contributed by atoms with Gasteiger partial charge in [-0.25, -0.2) is 4.79 Å². The zero-order chi connectivity index (χ0) is 23.4. The fraction of sp³-hybridized carbons (Fsp3) is 0.517. The maximum atomic E-state index is 12.3. The Morgan fingerprint density at radius 2 is 1.45 bits per heavy atom. The van der Waals surface area contributed by atoms with Gasteiger partial charge in [0, 0.05) is 5.56 Å². The van der Waals surface area contributed by atoms with Crippen LogP contribution in [0.1, 0.15) is 86.3 Å². The minimum Gasteiger partial charge on any atom is -0.456 e. The number of carbonyl (C=O) groups excluding carboxylic acids is 1. The van der Waals surface area contributed by atoms with Gasteiger partial charge in [-0.3, -0.25) is 0 Å². The molecule has 0 heterocycles. The van der Waals surface area contributed by atoms with E-state index in [1.54, 1.807) is 24.3 Å². The van der Waals surface area contributed by atoms with Crippen molar-refractivity contribution >= 4 is 23.2 Å². The number of carbonyl (C=O) groups is 1. The predicted molar refractivity (Wildman–Crippen MR) is 135 cm³/mol. The van der Waals surface area contributed by atoms with Gasteiger partial charge in [-0.05, 0) is 143 Å². The maximum Gasteiger partial charge on any atom is 0.338 e. The number of aryl methyl sites for hydroxylation is 1. The van der Waals surface area contributed by atoms with Crippen LogP contribution in [0.2, 0.25) is 0 Å². The lowest BCUT2D eigenvalue weighted by Crippen LogP contribution is -2.48. The van der Waals surface area contributed by atoms with Crippen molar-refractivity contribution in [3.05, 3.63) is 64.7 Å². The van der Waals surface area contributed by atoms with Gasteiger partial charge in [0.25, 0.3) is 0 Å². The quantitative estimate of drug-likeness (QED) is 0.356. The molecule has 0 amide bonds. The topological polar surface area (TPSA) is 35.5 Å². The summed E-state index contributed by atoms with van der Waals surface area (Å²) in [5, 5.41) is 0.478. The SMILES string of the molecule is Cc1ccc(C(=S)Oc2ccc(C(=O)OC(C)(C)C)cc2)cc1C12CC3CC(CC(C3)C1)C2. The van der Waals surface area contributed by atoms with Crippen LogP contribution in [-0.2, 0) is 10.2 Å². The number of benzene rings is 2. The van der Waals surface area contributed by atoms with Gasteiger partial charge in [-0.1, -0.05) is 12.1 Å². The molecule has 33 heavy (non-hydrogen) atoms. The number of esters is 1. The Labute approximate surface area is 202 Å². The molecule has 0 aliphatic heterocycles. The molecule has 3 nitrogen and oxygen atoms in total. The summed E-state index contributed by atoms with van der Waals surface area (Å²) in [4.78, 5) is 12.3. The summed E-state index contributed by atoms with van der Waals surface area (Å²) in [7, 11) is 0. The summed E-state index contributed by atoms with van der Waals surface area (Å²) >= 11 is 5.69. The lowest BCUT2D eigenvalue weighted by molar-refractivity contribution is -0.00548. The third kappa shape index (κ3) is 4.59. The lowest BCUT2D eigenvalue weighted by atomic mass is 9.47. The van der Waals surface area contributed by atoms with Gasteiger partial charge in [0.05, 0.1) is 5.56 Å². The molecule has 4 bridgehead atoms. The van der Waals surface area contributed by atoms with E-state index in [0.717, 1.165) is 23.3 Å². The van der Waals surface area contributed by atoms with Crippen molar-refractivity contribution in [2.75, 3.05) is 0 Å². The number of rotatable bonds is 4. The smallest absolute Gasteiger partial charge is 0.338 e. The van der Waals surface area contributed by atoms with Gasteiger partial charge >= 0.3 is 5.97 Å². The molecule has 174 valence electrons. The van der Waals surface area contributed by atoms with E-state index in [-0.39, 0.29) is 5.97 Å². The van der Waals surface area contributed by atoms with Crippen LogP contribution in [0, 0.1) is 24.7 Å². The molecule has 4 saturated carbocycles. The first-order valence-electron chi connectivity index (χ1n) is 12.3. The number of hydrogen-bond acceptors (Lipinski definition) is 4. The third-order valence-corrected chi connectivity index (χ3v) is 8.10. The van der Waals surface area contributed by atoms with E-state index in [1.165, 1.54) is 49.7 Å². The van der Waals surface area contributed by atoms with Crippen molar-refractivity contribution in [3.8, 4) is 5.75 Å². The van der Waals surface area contributed by atoms with Crippen LogP contribution in [0.15, 0.2) is 42.5 Å². The number of hydrogen-bond donors (Lipinski definition) is 0. The number of thiocarbonyl (C=S) groups is 1. The third-order valence-electron chi connectivity index (χ3n) is 7.78. The van der Waals surface area contributed by atoms with Gasteiger partial charge in [0.15, 0.2) is 5.05 Å². The lowest BCUT2D eigenvalue weighted by Gasteiger charge is -2.57. The second-order valence-corrected chi connectivity index (χ2v) is 12.0. The maximum absolute atomic E-state index is 12.3. The Morgan fingerprint density at radius 3 is 2.00 bits per heavy atom. The normalized spacial score (nSPS) is 27.9. The van der Waals surface area contributed by atoms with Crippen molar-refractivity contribution < 1.29 is 14.3 Å². The Balaban J connectivity index is 1.33. The first kappa shape index (κ1) is 22.6. The Hall–Kier alpha value is -2.20. The highest BCUT2D eigenvalue weighted by atomic mass is 32.1. The van der Waals surface area contributed by atoms with Gasteiger partial charge in [-0.2, -0.15) is 0 Å². The van der Waals surface area contributed by atoms with Crippen molar-refractivity contribution in [2.45, 2.75) is 77.2 Å². The molecule has 4 aliphatic rings. The highest BCUT2D eigenvalue weighted by Gasteiger charge is 2.52. The van der Waals surface area contributed by atoms with Crippen molar-refractivity contribution in [1.82, 2.24) is 0 Å². The fourth-order valence-electron chi connectivity index (χ4n) is 6.92. The van der Waals surface area contributed by atoms with Crippen LogP contribution in [-0.4, -0.2) is 16.6 Å². The zero-order valence-corrected chi connectivity index (χ0v) is 21.0. The van der Waals surface area contributed by atoms with Crippen LogP contribution >= 0.6 is 12.2 Å². The van der Waals surface area contributed by atoms with Gasteiger partial charge < -0.3 is 9.47 Å². The van der Waals surface area contributed by atoms with Crippen LogP contribution in [0.3, 0.4) is 0 Å². The molecule has 0 spiro atoms. The second-order valence-electron chi connectivity index (χ2n) is 11.6. The summed E-state index contributed by atoms with van der Waals surface area (Å²) in [6.45, 7) is 7.83. The molecular weight excluding hydrogens is 428 g/mol. The molecule has 4 fully saturated rings. The highest BCUT2D eigenvalue weighted by molar-refractivity contribution is 7.80. The molecule has 2 aromatic carbocycles. The summed E-state index contributed by atoms with van der Waals surface area (Å²) in [6, 6.07) is 13.6. The molecule has 0 unspecified atom stereocenters. The number of ether oxygens (including phenoxy) is 2. The molecule has 6 rings (SSSR count). The molecule has 0 atom stereocenters. The molecule has 4 heteroatoms. The first-order chi connectivity index (χ1) is 15.6. The van der Waals surface area contributed by atoms with Crippen LogP contribution < -0.4 is 4.74 Å². The van der Waals surface area contributed by atoms with Crippen molar-refractivity contribution in [1.29, 1.82) is 0 Å². The minimum atomic E-state index is -0.520.